The lowest BCUT2D eigenvalue weighted by atomic mass is 9.99. The van der Waals surface area contributed by atoms with Crippen molar-refractivity contribution in [1.82, 2.24) is 14.4 Å². The highest BCUT2D eigenvalue weighted by Crippen LogP contribution is 2.32. The average Bonchev–Trinajstić information content (AvgIpc) is 2.78. The first-order chi connectivity index (χ1) is 14.6. The first kappa shape index (κ1) is 18.9. The quantitative estimate of drug-likeness (QED) is 0.730. The molecule has 154 valence electrons. The van der Waals surface area contributed by atoms with Crippen molar-refractivity contribution in [1.29, 1.82) is 0 Å². The number of carbonyl (C=O) groups excluding carboxylic acids is 1. The summed E-state index contributed by atoms with van der Waals surface area (Å²) in [5, 5.41) is 11.5. The number of carbonyl (C=O) groups is 1. The summed E-state index contributed by atoms with van der Waals surface area (Å²) in [5.41, 5.74) is 2.62. The van der Waals surface area contributed by atoms with E-state index in [1.54, 1.807) is 15.5 Å². The van der Waals surface area contributed by atoms with Crippen molar-refractivity contribution in [2.75, 3.05) is 26.2 Å². The van der Waals surface area contributed by atoms with Gasteiger partial charge in [0.25, 0.3) is 11.5 Å². The maximum Gasteiger partial charge on any atom is 0.267 e. The van der Waals surface area contributed by atoms with Gasteiger partial charge in [-0.3, -0.25) is 14.5 Å². The smallest absolute Gasteiger partial charge is 0.267 e. The van der Waals surface area contributed by atoms with Gasteiger partial charge in [0.05, 0.1) is 5.52 Å². The van der Waals surface area contributed by atoms with Crippen LogP contribution in [-0.4, -0.2) is 51.6 Å². The molecular weight excluding hydrogens is 378 g/mol. The van der Waals surface area contributed by atoms with Crippen molar-refractivity contribution in [2.24, 2.45) is 0 Å². The van der Waals surface area contributed by atoms with Gasteiger partial charge in [0.15, 0.2) is 0 Å². The van der Waals surface area contributed by atoms with Crippen LogP contribution in [0, 0.1) is 0 Å². The Kier molecular flexibility index (Phi) is 4.79. The summed E-state index contributed by atoms with van der Waals surface area (Å²) >= 11 is 0. The van der Waals surface area contributed by atoms with Gasteiger partial charge in [-0.25, -0.2) is 0 Å². The van der Waals surface area contributed by atoms with E-state index in [2.05, 4.69) is 17.0 Å². The Morgan fingerprint density at radius 3 is 2.47 bits per heavy atom. The Morgan fingerprint density at radius 2 is 1.70 bits per heavy atom. The minimum Gasteiger partial charge on any atom is -0.506 e. The molecule has 30 heavy (non-hydrogen) atoms. The number of pyridine rings is 1. The van der Waals surface area contributed by atoms with Crippen molar-refractivity contribution < 1.29 is 9.90 Å². The van der Waals surface area contributed by atoms with E-state index >= 15 is 0 Å². The van der Waals surface area contributed by atoms with E-state index < -0.39 is 0 Å². The maximum absolute atomic E-state index is 13.3. The molecule has 2 aliphatic rings. The number of hydrogen-bond donors (Lipinski definition) is 1. The van der Waals surface area contributed by atoms with E-state index in [1.165, 1.54) is 5.56 Å². The van der Waals surface area contributed by atoms with E-state index in [1.807, 2.05) is 30.3 Å². The van der Waals surface area contributed by atoms with Crippen molar-refractivity contribution in [2.45, 2.75) is 25.9 Å². The van der Waals surface area contributed by atoms with Crippen LogP contribution in [0.25, 0.3) is 10.9 Å². The molecule has 5 rings (SSSR count). The molecule has 0 atom stereocenters. The monoisotopic (exact) mass is 403 g/mol. The lowest BCUT2D eigenvalue weighted by Gasteiger charge is -2.35. The molecule has 0 bridgehead atoms. The minimum absolute atomic E-state index is 0.0851. The number of benzene rings is 2. The fraction of sp³-hybridized carbons (Fsp3) is 0.333. The molecule has 1 N–H and O–H groups in total. The van der Waals surface area contributed by atoms with Crippen molar-refractivity contribution in [3.05, 3.63) is 75.6 Å². The van der Waals surface area contributed by atoms with E-state index in [-0.39, 0.29) is 22.8 Å². The predicted octanol–water partition coefficient (Wildman–Crippen LogP) is 2.61. The Bertz CT molecular complexity index is 1160. The largest absolute Gasteiger partial charge is 0.506 e. The highest BCUT2D eigenvalue weighted by molar-refractivity contribution is 6.03. The topological polar surface area (TPSA) is 65.8 Å². The van der Waals surface area contributed by atoms with E-state index in [9.17, 15) is 14.7 Å². The number of piperazine rings is 1. The van der Waals surface area contributed by atoms with Crippen LogP contribution in [0.2, 0.25) is 0 Å². The summed E-state index contributed by atoms with van der Waals surface area (Å²) in [6.45, 7) is 4.00. The molecule has 3 heterocycles. The zero-order valence-corrected chi connectivity index (χ0v) is 16.9. The molecule has 6 heteroatoms. The summed E-state index contributed by atoms with van der Waals surface area (Å²) in [5.74, 6) is -0.537. The van der Waals surface area contributed by atoms with Crippen LogP contribution in [0.3, 0.4) is 0 Å². The zero-order chi connectivity index (χ0) is 20.7. The summed E-state index contributed by atoms with van der Waals surface area (Å²) in [6, 6.07) is 15.9. The number of hydrogen-bond acceptors (Lipinski definition) is 4. The second-order valence-corrected chi connectivity index (χ2v) is 8.15. The molecule has 0 aliphatic carbocycles. The highest BCUT2D eigenvalue weighted by atomic mass is 16.3. The van der Waals surface area contributed by atoms with Crippen molar-refractivity contribution >= 4 is 16.8 Å². The fourth-order valence-corrected chi connectivity index (χ4v) is 4.72. The van der Waals surface area contributed by atoms with Gasteiger partial charge < -0.3 is 14.6 Å². The van der Waals surface area contributed by atoms with E-state index in [4.69, 9.17) is 0 Å². The molecular formula is C24H25N3O3. The molecule has 1 aromatic heterocycles. The minimum atomic E-state index is -0.371. The molecule has 1 amide bonds. The summed E-state index contributed by atoms with van der Waals surface area (Å²) in [6.07, 6.45) is 1.75. The van der Waals surface area contributed by atoms with Crippen LogP contribution in [0.5, 0.6) is 5.75 Å². The number of amides is 1. The van der Waals surface area contributed by atoms with Crippen LogP contribution in [-0.2, 0) is 19.5 Å². The van der Waals surface area contributed by atoms with Crippen LogP contribution >= 0.6 is 0 Å². The van der Waals surface area contributed by atoms with Crippen LogP contribution < -0.4 is 5.56 Å². The molecule has 1 saturated heterocycles. The fourth-order valence-electron chi connectivity index (χ4n) is 4.72. The SMILES string of the molecule is O=C(c1c(O)c2cccc3c2n(c1=O)CCC3)N1CCN(Cc2ccccc2)CC1. The Labute approximate surface area is 175 Å². The normalized spacial score (nSPS) is 16.7. The lowest BCUT2D eigenvalue weighted by molar-refractivity contribution is 0.0623. The Morgan fingerprint density at radius 1 is 0.933 bits per heavy atom. The summed E-state index contributed by atoms with van der Waals surface area (Å²) in [4.78, 5) is 30.4. The van der Waals surface area contributed by atoms with Crippen LogP contribution in [0.1, 0.15) is 27.9 Å². The van der Waals surface area contributed by atoms with Gasteiger partial charge in [-0.2, -0.15) is 0 Å². The molecule has 0 radical (unpaired) electrons. The summed E-state index contributed by atoms with van der Waals surface area (Å²) < 4.78 is 1.67. The second kappa shape index (κ2) is 7.61. The van der Waals surface area contributed by atoms with E-state index in [0.717, 1.165) is 43.6 Å². The van der Waals surface area contributed by atoms with E-state index in [0.29, 0.717) is 25.0 Å². The molecule has 2 aliphatic heterocycles. The number of para-hydroxylation sites is 1. The molecule has 6 nitrogen and oxygen atoms in total. The van der Waals surface area contributed by atoms with Crippen molar-refractivity contribution in [3.63, 3.8) is 0 Å². The third-order valence-corrected chi connectivity index (χ3v) is 6.29. The van der Waals surface area contributed by atoms with Gasteiger partial charge in [-0.05, 0) is 30.0 Å². The Hall–Kier alpha value is -3.12. The lowest BCUT2D eigenvalue weighted by Crippen LogP contribution is -2.49. The van der Waals surface area contributed by atoms with Gasteiger partial charge >= 0.3 is 0 Å². The van der Waals surface area contributed by atoms with Gasteiger partial charge in [0.1, 0.15) is 11.3 Å². The molecule has 0 unspecified atom stereocenters. The third kappa shape index (κ3) is 3.17. The number of rotatable bonds is 3. The average molecular weight is 403 g/mol. The molecule has 3 aromatic rings. The number of aromatic hydroxyl groups is 1. The standard InChI is InChI=1S/C24H25N3O3/c28-22-19-10-4-8-18-9-5-11-27(21(18)19)24(30)20(22)23(29)26-14-12-25(13-15-26)16-17-6-2-1-3-7-17/h1-4,6-8,10,28H,5,9,11-16H2. The third-order valence-electron chi connectivity index (χ3n) is 6.29. The van der Waals surface area contributed by atoms with Gasteiger partial charge in [-0.1, -0.05) is 42.5 Å². The number of aryl methyl sites for hydroxylation is 2. The maximum atomic E-state index is 13.3. The van der Waals surface area contributed by atoms with Crippen LogP contribution in [0.15, 0.2) is 53.3 Å². The van der Waals surface area contributed by atoms with Crippen LogP contribution in [0.4, 0.5) is 0 Å². The van der Waals surface area contributed by atoms with Gasteiger partial charge in [0.2, 0.25) is 0 Å². The summed E-state index contributed by atoms with van der Waals surface area (Å²) in [7, 11) is 0. The predicted molar refractivity (Wildman–Crippen MR) is 116 cm³/mol. The first-order valence-corrected chi connectivity index (χ1v) is 10.6. The molecule has 1 fully saturated rings. The highest BCUT2D eigenvalue weighted by Gasteiger charge is 2.30. The second-order valence-electron chi connectivity index (χ2n) is 8.15. The zero-order valence-electron chi connectivity index (χ0n) is 16.9. The van der Waals surface area contributed by atoms with Gasteiger partial charge in [-0.15, -0.1) is 0 Å². The first-order valence-electron chi connectivity index (χ1n) is 10.6. The van der Waals surface area contributed by atoms with Crippen molar-refractivity contribution in [3.8, 4) is 5.75 Å². The number of aromatic nitrogens is 1. The molecule has 0 spiro atoms. The number of nitrogens with zero attached hydrogens (tertiary/aromatic N) is 3. The Balaban J connectivity index is 1.40. The molecule has 0 saturated carbocycles. The van der Waals surface area contributed by atoms with Gasteiger partial charge in [0, 0.05) is 44.7 Å². The molecule has 2 aromatic carbocycles.